The van der Waals surface area contributed by atoms with Crippen LogP contribution in [0.1, 0.15) is 31.8 Å². The molecule has 0 saturated heterocycles. The molecular weight excluding hydrogens is 676 g/mol. The average molecular weight is 705 g/mol. The van der Waals surface area contributed by atoms with Gasteiger partial charge in [0.2, 0.25) is 0 Å². The van der Waals surface area contributed by atoms with Crippen LogP contribution in [0.25, 0.3) is 22.4 Å². The first-order valence-corrected chi connectivity index (χ1v) is 16.4. The number of hydrogen-bond acceptors (Lipinski definition) is 7. The summed E-state index contributed by atoms with van der Waals surface area (Å²) in [6.07, 6.45) is 3.13. The van der Waals surface area contributed by atoms with Gasteiger partial charge in [-0.15, -0.1) is 0 Å². The average Bonchev–Trinajstić information content (AvgIpc) is 3.61. The Hall–Kier alpha value is -7.04. The monoisotopic (exact) mass is 704 g/mol. The van der Waals surface area contributed by atoms with Crippen molar-refractivity contribution in [2.75, 3.05) is 10.6 Å². The Morgan fingerprint density at radius 2 is 1.15 bits per heavy atom. The molecule has 0 aliphatic carbocycles. The molecule has 0 radical (unpaired) electrons. The Morgan fingerprint density at radius 3 is 1.69 bits per heavy atom. The molecule has 0 aliphatic rings. The first-order chi connectivity index (χ1) is 25.3. The van der Waals surface area contributed by atoms with E-state index in [2.05, 4.69) is 30.6 Å². The van der Waals surface area contributed by atoms with Gasteiger partial charge in [0, 0.05) is 45.9 Å². The second kappa shape index (κ2) is 14.8. The molecule has 0 saturated carbocycles. The molecule has 0 spiro atoms. The largest absolute Gasteiger partial charge is 0.507 e. The smallest absolute Gasteiger partial charge is 0.255 e. The third-order valence-corrected chi connectivity index (χ3v) is 8.49. The molecule has 0 unspecified atom stereocenters. The van der Waals surface area contributed by atoms with Crippen molar-refractivity contribution in [3.63, 3.8) is 0 Å². The molecule has 0 aliphatic heterocycles. The summed E-state index contributed by atoms with van der Waals surface area (Å²) in [5, 5.41) is 25.9. The maximum atomic E-state index is 13.1. The van der Waals surface area contributed by atoms with Crippen LogP contribution in [0.15, 0.2) is 143 Å². The van der Waals surface area contributed by atoms with E-state index in [1.165, 1.54) is 0 Å². The summed E-state index contributed by atoms with van der Waals surface area (Å²) in [4.78, 5) is 42.6. The zero-order valence-corrected chi connectivity index (χ0v) is 28.0. The fraction of sp³-hybridized carbons (Fsp3) is 0. The highest BCUT2D eigenvalue weighted by atomic mass is 35.5. The summed E-state index contributed by atoms with van der Waals surface area (Å²) in [6, 6.07) is 38.0. The molecule has 10 nitrogen and oxygen atoms in total. The van der Waals surface area contributed by atoms with Crippen molar-refractivity contribution in [3.05, 3.63) is 161 Å². The standard InChI is InChI=1S/C41H29ClN6O4/c42-37-33(47-41(52)27-13-17-31(18-14-27)44-24-29-6-2-4-8-36(29)50)21-22-34-38(37)48-39(46-34)25-9-19-32(20-10-25)45-40(51)26-11-15-30(16-12-26)43-23-28-5-1-3-7-35(28)49/h1-24,49-50H,(H,45,51)(H,46,48)(H,47,52)/b43-23+,44-24+. The van der Waals surface area contributed by atoms with E-state index >= 15 is 0 Å². The van der Waals surface area contributed by atoms with Crippen LogP contribution in [0.3, 0.4) is 0 Å². The second-order valence-electron chi connectivity index (χ2n) is 11.6. The number of nitrogens with one attached hydrogen (secondary N) is 3. The molecular formula is C41H29ClN6O4. The van der Waals surface area contributed by atoms with E-state index in [4.69, 9.17) is 11.6 Å². The number of H-pyrrole nitrogens is 1. The zero-order valence-electron chi connectivity index (χ0n) is 27.3. The van der Waals surface area contributed by atoms with E-state index in [0.29, 0.717) is 66.9 Å². The first-order valence-electron chi connectivity index (χ1n) is 16.1. The van der Waals surface area contributed by atoms with Crippen molar-refractivity contribution < 1.29 is 19.8 Å². The molecule has 0 bridgehead atoms. The first kappa shape index (κ1) is 33.5. The molecule has 7 aromatic rings. The quantitative estimate of drug-likeness (QED) is 0.0949. The SMILES string of the molecule is O=C(Nc1ccc(-c2nc3ccc(NC(=O)c4ccc(/N=C/c5ccccc5O)cc4)c(Cl)c3[nH]2)cc1)c1ccc(/N=C/c2ccccc2O)cc1. The van der Waals surface area contributed by atoms with E-state index in [1.54, 1.807) is 122 Å². The molecule has 0 fully saturated rings. The highest BCUT2D eigenvalue weighted by Gasteiger charge is 2.15. The fourth-order valence-corrected chi connectivity index (χ4v) is 5.52. The number of nitrogens with zero attached hydrogens (tertiary/aromatic N) is 3. The van der Waals surface area contributed by atoms with E-state index < -0.39 is 0 Å². The second-order valence-corrected chi connectivity index (χ2v) is 12.0. The number of amides is 2. The van der Waals surface area contributed by atoms with Crippen LogP contribution in [-0.4, -0.2) is 44.4 Å². The number of halogens is 1. The van der Waals surface area contributed by atoms with Gasteiger partial charge < -0.3 is 25.8 Å². The number of rotatable bonds is 9. The van der Waals surface area contributed by atoms with Crippen LogP contribution >= 0.6 is 11.6 Å². The van der Waals surface area contributed by atoms with Crippen LogP contribution < -0.4 is 10.6 Å². The van der Waals surface area contributed by atoms with Crippen molar-refractivity contribution >= 4 is 69.6 Å². The fourth-order valence-electron chi connectivity index (χ4n) is 5.27. The maximum Gasteiger partial charge on any atom is 0.255 e. The lowest BCUT2D eigenvalue weighted by molar-refractivity contribution is 0.101. The lowest BCUT2D eigenvalue weighted by Crippen LogP contribution is -2.12. The lowest BCUT2D eigenvalue weighted by Gasteiger charge is -2.08. The third-order valence-electron chi connectivity index (χ3n) is 8.10. The number of imidazole rings is 1. The number of aromatic hydroxyl groups is 2. The number of para-hydroxylation sites is 2. The number of hydrogen-bond donors (Lipinski definition) is 5. The van der Waals surface area contributed by atoms with Crippen molar-refractivity contribution in [1.82, 2.24) is 9.97 Å². The summed E-state index contributed by atoms with van der Waals surface area (Å²) < 4.78 is 0. The lowest BCUT2D eigenvalue weighted by atomic mass is 10.1. The zero-order chi connectivity index (χ0) is 36.0. The topological polar surface area (TPSA) is 152 Å². The van der Waals surface area contributed by atoms with Gasteiger partial charge in [-0.05, 0) is 109 Å². The molecule has 254 valence electrons. The highest BCUT2D eigenvalue weighted by Crippen LogP contribution is 2.32. The molecule has 5 N–H and O–H groups in total. The number of fused-ring (bicyclic) bond motifs is 1. The molecule has 2 amide bonds. The van der Waals surface area contributed by atoms with Crippen molar-refractivity contribution in [2.24, 2.45) is 9.98 Å². The summed E-state index contributed by atoms with van der Waals surface area (Å²) in [5.41, 5.74) is 6.32. The summed E-state index contributed by atoms with van der Waals surface area (Å²) >= 11 is 6.72. The van der Waals surface area contributed by atoms with Crippen molar-refractivity contribution in [1.29, 1.82) is 0 Å². The van der Waals surface area contributed by atoms with Gasteiger partial charge in [0.25, 0.3) is 11.8 Å². The van der Waals surface area contributed by atoms with Gasteiger partial charge in [-0.2, -0.15) is 0 Å². The van der Waals surface area contributed by atoms with Gasteiger partial charge in [-0.25, -0.2) is 4.98 Å². The Kier molecular flexibility index (Phi) is 9.54. The summed E-state index contributed by atoms with van der Waals surface area (Å²) in [5.74, 6) is 0.223. The molecule has 6 aromatic carbocycles. The maximum absolute atomic E-state index is 13.1. The predicted molar refractivity (Wildman–Crippen MR) is 206 cm³/mol. The van der Waals surface area contributed by atoms with Crippen molar-refractivity contribution in [3.8, 4) is 22.9 Å². The number of phenolic OH excluding ortho intramolecular Hbond substituents is 2. The van der Waals surface area contributed by atoms with Gasteiger partial charge in [0.1, 0.15) is 17.3 Å². The van der Waals surface area contributed by atoms with Gasteiger partial charge in [0.05, 0.1) is 33.1 Å². The van der Waals surface area contributed by atoms with Gasteiger partial charge >= 0.3 is 0 Å². The van der Waals surface area contributed by atoms with Crippen LogP contribution in [0.2, 0.25) is 5.02 Å². The van der Waals surface area contributed by atoms with E-state index in [9.17, 15) is 19.8 Å². The van der Waals surface area contributed by atoms with Gasteiger partial charge in [-0.1, -0.05) is 35.9 Å². The molecule has 0 atom stereocenters. The summed E-state index contributed by atoms with van der Waals surface area (Å²) in [7, 11) is 0. The number of carbonyl (C=O) groups excluding carboxylic acids is 2. The van der Waals surface area contributed by atoms with Crippen LogP contribution in [0, 0.1) is 0 Å². The number of benzene rings is 6. The van der Waals surface area contributed by atoms with Crippen molar-refractivity contribution in [2.45, 2.75) is 0 Å². The Bertz CT molecular complexity index is 2470. The molecule has 1 heterocycles. The molecule has 7 rings (SSSR count). The Balaban J connectivity index is 0.980. The number of aliphatic imine (C=N–C) groups is 2. The number of anilines is 2. The molecule has 52 heavy (non-hydrogen) atoms. The van der Waals surface area contributed by atoms with Crippen LogP contribution in [0.5, 0.6) is 11.5 Å². The summed E-state index contributed by atoms with van der Waals surface area (Å²) in [6.45, 7) is 0. The third kappa shape index (κ3) is 7.57. The molecule has 1 aromatic heterocycles. The predicted octanol–water partition coefficient (Wildman–Crippen LogP) is 9.30. The van der Waals surface area contributed by atoms with E-state index in [1.807, 2.05) is 24.3 Å². The number of phenols is 2. The number of carbonyl (C=O) groups is 2. The highest BCUT2D eigenvalue weighted by molar-refractivity contribution is 6.38. The van der Waals surface area contributed by atoms with Crippen LogP contribution in [-0.2, 0) is 0 Å². The Labute approximate surface area is 302 Å². The van der Waals surface area contributed by atoms with E-state index in [-0.39, 0.29) is 23.3 Å². The van der Waals surface area contributed by atoms with Crippen LogP contribution in [0.4, 0.5) is 22.7 Å². The van der Waals surface area contributed by atoms with Gasteiger partial charge in [-0.3, -0.25) is 19.6 Å². The number of aromatic amines is 1. The molecule has 11 heteroatoms. The number of aromatic nitrogens is 2. The normalized spacial score (nSPS) is 11.3. The van der Waals surface area contributed by atoms with E-state index in [0.717, 1.165) is 5.56 Å². The Morgan fingerprint density at radius 1 is 0.635 bits per heavy atom. The minimum Gasteiger partial charge on any atom is -0.507 e. The minimum atomic E-state index is -0.344. The minimum absolute atomic E-state index is 0.133. The van der Waals surface area contributed by atoms with Gasteiger partial charge in [0.15, 0.2) is 0 Å².